The fourth-order valence-corrected chi connectivity index (χ4v) is 1.67. The Kier molecular flexibility index (Phi) is 6.25. The molecule has 0 fully saturated rings. The summed E-state index contributed by atoms with van der Waals surface area (Å²) in [6.45, 7) is 6.79. The lowest BCUT2D eigenvalue weighted by atomic mass is 10.1. The summed E-state index contributed by atoms with van der Waals surface area (Å²) in [5, 5.41) is 0. The maximum Gasteiger partial charge on any atom is 0.399 e. The Labute approximate surface area is 100.0 Å². The zero-order chi connectivity index (χ0) is 12.9. The molecular formula is C10H19F3N2S. The third kappa shape index (κ3) is 5.65. The lowest BCUT2D eigenvalue weighted by Gasteiger charge is -2.28. The molecule has 0 saturated carbocycles. The second-order valence-electron chi connectivity index (χ2n) is 4.24. The summed E-state index contributed by atoms with van der Waals surface area (Å²) in [4.78, 5) is 1.25. The predicted molar refractivity (Wildman–Crippen MR) is 63.3 cm³/mol. The summed E-state index contributed by atoms with van der Waals surface area (Å²) in [5.41, 5.74) is 5.14. The molecule has 0 radical (unpaired) electrons. The maximum atomic E-state index is 12.6. The van der Waals surface area contributed by atoms with E-state index in [1.165, 1.54) is 0 Å². The molecule has 0 spiro atoms. The van der Waals surface area contributed by atoms with Crippen molar-refractivity contribution in [1.29, 1.82) is 0 Å². The average molecular weight is 256 g/mol. The molecule has 2 N–H and O–H groups in total. The van der Waals surface area contributed by atoms with Gasteiger partial charge in [0, 0.05) is 13.1 Å². The summed E-state index contributed by atoms with van der Waals surface area (Å²) in [6, 6.07) is 0. The van der Waals surface area contributed by atoms with Gasteiger partial charge in [0.2, 0.25) is 0 Å². The Bertz CT molecular complexity index is 229. The van der Waals surface area contributed by atoms with Crippen LogP contribution in [0.4, 0.5) is 13.2 Å². The number of nitrogens with zero attached hydrogens (tertiary/aromatic N) is 1. The van der Waals surface area contributed by atoms with Crippen molar-refractivity contribution in [3.8, 4) is 0 Å². The van der Waals surface area contributed by atoms with Gasteiger partial charge < -0.3 is 10.6 Å². The van der Waals surface area contributed by atoms with Crippen LogP contribution in [0.15, 0.2) is 0 Å². The molecule has 0 aromatic rings. The molecule has 96 valence electrons. The van der Waals surface area contributed by atoms with Gasteiger partial charge in [0.25, 0.3) is 0 Å². The molecule has 0 heterocycles. The average Bonchev–Trinajstić information content (AvgIpc) is 2.08. The van der Waals surface area contributed by atoms with Crippen molar-refractivity contribution in [1.82, 2.24) is 4.90 Å². The van der Waals surface area contributed by atoms with Gasteiger partial charge in [-0.15, -0.1) is 0 Å². The summed E-state index contributed by atoms with van der Waals surface area (Å²) in [5.74, 6) is -1.39. The molecular weight excluding hydrogens is 237 g/mol. The zero-order valence-electron chi connectivity index (χ0n) is 9.84. The first-order valence-corrected chi connectivity index (χ1v) is 5.67. The van der Waals surface area contributed by atoms with Crippen molar-refractivity contribution < 1.29 is 13.2 Å². The van der Waals surface area contributed by atoms with Gasteiger partial charge in [-0.3, -0.25) is 0 Å². The number of halogens is 3. The molecule has 0 aliphatic carbocycles. The van der Waals surface area contributed by atoms with E-state index < -0.39 is 17.1 Å². The van der Waals surface area contributed by atoms with Crippen LogP contribution in [0, 0.1) is 11.8 Å². The summed E-state index contributed by atoms with van der Waals surface area (Å²) in [6.07, 6.45) is -4.35. The molecule has 0 amide bonds. The number of hydrogen-bond donors (Lipinski definition) is 1. The van der Waals surface area contributed by atoms with Crippen LogP contribution in [0.2, 0.25) is 0 Å². The number of nitrogens with two attached hydrogens (primary N) is 1. The van der Waals surface area contributed by atoms with Crippen molar-refractivity contribution in [2.75, 3.05) is 19.6 Å². The summed E-state index contributed by atoms with van der Waals surface area (Å²) in [7, 11) is 0. The number of alkyl halides is 3. The predicted octanol–water partition coefficient (Wildman–Crippen LogP) is 2.43. The Morgan fingerprint density at radius 1 is 1.31 bits per heavy atom. The van der Waals surface area contributed by atoms with Gasteiger partial charge in [0.15, 0.2) is 0 Å². The minimum Gasteiger partial charge on any atom is -0.393 e. The third-order valence-corrected chi connectivity index (χ3v) is 2.53. The molecule has 0 aromatic heterocycles. The summed E-state index contributed by atoms with van der Waals surface area (Å²) >= 11 is 4.48. The Hall–Kier alpha value is -0.360. The monoisotopic (exact) mass is 256 g/mol. The quantitative estimate of drug-likeness (QED) is 0.740. The van der Waals surface area contributed by atoms with Gasteiger partial charge in [-0.25, -0.2) is 0 Å². The van der Waals surface area contributed by atoms with Gasteiger partial charge in [-0.05, 0) is 12.5 Å². The van der Waals surface area contributed by atoms with E-state index in [2.05, 4.69) is 12.2 Å². The van der Waals surface area contributed by atoms with Gasteiger partial charge in [0.1, 0.15) is 5.92 Å². The van der Waals surface area contributed by atoms with Crippen molar-refractivity contribution in [3.63, 3.8) is 0 Å². The smallest absolute Gasteiger partial charge is 0.393 e. The van der Waals surface area contributed by atoms with Crippen molar-refractivity contribution in [3.05, 3.63) is 0 Å². The standard InChI is InChI=1S/C10H19F3N2S/c1-4-15(5-7(2)3)6-8(9(14)16)10(11,12)13/h7-8H,4-6H2,1-3H3,(H2,14,16). The van der Waals surface area contributed by atoms with Crippen LogP contribution < -0.4 is 5.73 Å². The Balaban J connectivity index is 4.54. The van der Waals surface area contributed by atoms with E-state index >= 15 is 0 Å². The molecule has 0 rings (SSSR count). The van der Waals surface area contributed by atoms with Crippen LogP contribution in [0.1, 0.15) is 20.8 Å². The molecule has 6 heteroatoms. The first kappa shape index (κ1) is 15.6. The number of hydrogen-bond acceptors (Lipinski definition) is 2. The van der Waals surface area contributed by atoms with Crippen molar-refractivity contribution in [2.24, 2.45) is 17.6 Å². The van der Waals surface area contributed by atoms with Crippen molar-refractivity contribution >= 4 is 17.2 Å². The fraction of sp³-hybridized carbons (Fsp3) is 0.900. The minimum atomic E-state index is -4.35. The first-order valence-electron chi connectivity index (χ1n) is 5.26. The molecule has 16 heavy (non-hydrogen) atoms. The first-order chi connectivity index (χ1) is 7.18. The lowest BCUT2D eigenvalue weighted by Crippen LogP contribution is -2.44. The van der Waals surface area contributed by atoms with Gasteiger partial charge in [0.05, 0.1) is 4.99 Å². The summed E-state index contributed by atoms with van der Waals surface area (Å²) < 4.78 is 37.8. The Morgan fingerprint density at radius 3 is 2.06 bits per heavy atom. The lowest BCUT2D eigenvalue weighted by molar-refractivity contribution is -0.159. The van der Waals surface area contributed by atoms with E-state index in [0.717, 1.165) is 0 Å². The molecule has 0 aliphatic heterocycles. The van der Waals surface area contributed by atoms with Gasteiger partial charge in [-0.1, -0.05) is 33.0 Å². The highest BCUT2D eigenvalue weighted by atomic mass is 32.1. The molecule has 0 aromatic carbocycles. The van der Waals surface area contributed by atoms with Gasteiger partial charge in [-0.2, -0.15) is 13.2 Å². The highest BCUT2D eigenvalue weighted by Gasteiger charge is 2.42. The van der Waals surface area contributed by atoms with Crippen LogP contribution in [0.25, 0.3) is 0 Å². The fourth-order valence-electron chi connectivity index (χ4n) is 1.46. The third-order valence-electron chi connectivity index (χ3n) is 2.25. The largest absolute Gasteiger partial charge is 0.399 e. The van der Waals surface area contributed by atoms with Crippen LogP contribution in [-0.2, 0) is 0 Å². The normalized spacial score (nSPS) is 14.5. The highest BCUT2D eigenvalue weighted by molar-refractivity contribution is 7.80. The SMILES string of the molecule is CCN(CC(C)C)CC(C(N)=S)C(F)(F)F. The Morgan fingerprint density at radius 2 is 1.81 bits per heavy atom. The topological polar surface area (TPSA) is 29.3 Å². The second-order valence-corrected chi connectivity index (χ2v) is 4.71. The number of thiocarbonyl (C=S) groups is 1. The number of rotatable bonds is 6. The molecule has 0 aliphatic rings. The molecule has 0 saturated heterocycles. The van der Waals surface area contributed by atoms with Crippen LogP contribution in [-0.4, -0.2) is 35.7 Å². The zero-order valence-corrected chi connectivity index (χ0v) is 10.7. The van der Waals surface area contributed by atoms with E-state index in [0.29, 0.717) is 19.0 Å². The van der Waals surface area contributed by atoms with E-state index in [1.807, 2.05) is 20.8 Å². The molecule has 0 bridgehead atoms. The molecule has 1 unspecified atom stereocenters. The van der Waals surface area contributed by atoms with E-state index in [4.69, 9.17) is 5.73 Å². The van der Waals surface area contributed by atoms with E-state index in [9.17, 15) is 13.2 Å². The van der Waals surface area contributed by atoms with Gasteiger partial charge >= 0.3 is 6.18 Å². The van der Waals surface area contributed by atoms with E-state index in [1.54, 1.807) is 4.90 Å². The van der Waals surface area contributed by atoms with Crippen LogP contribution >= 0.6 is 12.2 Å². The molecule has 1 atom stereocenters. The van der Waals surface area contributed by atoms with Crippen LogP contribution in [0.3, 0.4) is 0 Å². The minimum absolute atomic E-state index is 0.145. The second kappa shape index (κ2) is 6.39. The highest BCUT2D eigenvalue weighted by Crippen LogP contribution is 2.27. The maximum absolute atomic E-state index is 12.6. The van der Waals surface area contributed by atoms with Crippen molar-refractivity contribution in [2.45, 2.75) is 26.9 Å². The molecule has 2 nitrogen and oxygen atoms in total. The van der Waals surface area contributed by atoms with E-state index in [-0.39, 0.29) is 6.54 Å². The van der Waals surface area contributed by atoms with Crippen LogP contribution in [0.5, 0.6) is 0 Å².